The Morgan fingerprint density at radius 2 is 1.80 bits per heavy atom. The summed E-state index contributed by atoms with van der Waals surface area (Å²) in [4.78, 5) is 18.4. The Labute approximate surface area is 172 Å². The third kappa shape index (κ3) is 3.50. The van der Waals surface area contributed by atoms with Gasteiger partial charge in [-0.05, 0) is 30.7 Å². The lowest BCUT2D eigenvalue weighted by molar-refractivity contribution is 0.102. The van der Waals surface area contributed by atoms with Crippen LogP contribution in [0.15, 0.2) is 60.9 Å². The number of nitrogens with one attached hydrogen (secondary N) is 1. The summed E-state index contributed by atoms with van der Waals surface area (Å²) in [7, 11) is 3.26. The molecule has 2 aromatic heterocycles. The number of rotatable bonds is 4. The van der Waals surface area contributed by atoms with Gasteiger partial charge in [0.05, 0.1) is 22.6 Å². The topological polar surface area (TPSA) is 49.6 Å². The minimum Gasteiger partial charge on any atom is -0.374 e. The van der Waals surface area contributed by atoms with E-state index in [1.807, 2.05) is 19.2 Å². The number of pyridine rings is 1. The van der Waals surface area contributed by atoms with Gasteiger partial charge < -0.3 is 14.6 Å². The fraction of sp³-hybridized carbons (Fsp3) is 0.130. The maximum absolute atomic E-state index is 15.5. The van der Waals surface area contributed by atoms with E-state index in [-0.39, 0.29) is 22.6 Å². The van der Waals surface area contributed by atoms with Crippen LogP contribution in [0, 0.1) is 18.6 Å². The molecule has 0 aliphatic carbocycles. The van der Waals surface area contributed by atoms with Gasteiger partial charge >= 0.3 is 0 Å². The van der Waals surface area contributed by atoms with Crippen LogP contribution in [-0.2, 0) is 0 Å². The molecular formula is C23H20F2N4O. The Morgan fingerprint density at radius 3 is 2.50 bits per heavy atom. The fourth-order valence-corrected chi connectivity index (χ4v) is 3.38. The lowest BCUT2D eigenvalue weighted by atomic mass is 10.1. The standard InChI is InChI=1S/C23H20F2N4O/c1-14-9-10-19-26-18(13-29(19)12-14)20-16(24)11-17(22(21(20)25)28(2)3)27-23(30)15-7-5-4-6-8-15/h4-13H,1-3H3,(H,27,30). The zero-order valence-corrected chi connectivity index (χ0v) is 16.8. The van der Waals surface area contributed by atoms with Gasteiger partial charge in [-0.15, -0.1) is 0 Å². The number of hydrogen-bond acceptors (Lipinski definition) is 3. The van der Waals surface area contributed by atoms with E-state index in [4.69, 9.17) is 0 Å². The highest BCUT2D eigenvalue weighted by Gasteiger charge is 2.24. The predicted molar refractivity (Wildman–Crippen MR) is 114 cm³/mol. The van der Waals surface area contributed by atoms with Crippen LogP contribution in [0.3, 0.4) is 0 Å². The number of fused-ring (bicyclic) bond motifs is 1. The van der Waals surface area contributed by atoms with Crippen LogP contribution >= 0.6 is 0 Å². The molecule has 0 radical (unpaired) electrons. The molecule has 2 heterocycles. The Balaban J connectivity index is 1.81. The summed E-state index contributed by atoms with van der Waals surface area (Å²) in [5.41, 5.74) is 2.04. The number of hydrogen-bond donors (Lipinski definition) is 1. The molecule has 0 aliphatic rings. The number of aryl methyl sites for hydroxylation is 1. The molecule has 0 atom stereocenters. The van der Waals surface area contributed by atoms with E-state index >= 15 is 8.78 Å². The second kappa shape index (κ2) is 7.59. The monoisotopic (exact) mass is 406 g/mol. The average Bonchev–Trinajstić information content (AvgIpc) is 3.10. The first-order valence-corrected chi connectivity index (χ1v) is 9.36. The molecule has 0 spiro atoms. The summed E-state index contributed by atoms with van der Waals surface area (Å²) in [6.07, 6.45) is 3.43. The van der Waals surface area contributed by atoms with Crippen LogP contribution < -0.4 is 10.2 Å². The van der Waals surface area contributed by atoms with Crippen molar-refractivity contribution in [3.63, 3.8) is 0 Å². The predicted octanol–water partition coefficient (Wildman–Crippen LogP) is 4.91. The number of aromatic nitrogens is 2. The van der Waals surface area contributed by atoms with E-state index in [0.29, 0.717) is 11.2 Å². The second-order valence-corrected chi connectivity index (χ2v) is 7.26. The zero-order valence-electron chi connectivity index (χ0n) is 16.8. The van der Waals surface area contributed by atoms with E-state index in [2.05, 4.69) is 10.3 Å². The summed E-state index contributed by atoms with van der Waals surface area (Å²) in [6.45, 7) is 1.93. The molecule has 0 fully saturated rings. The van der Waals surface area contributed by atoms with Crippen LogP contribution in [0.2, 0.25) is 0 Å². The number of nitrogens with zero attached hydrogens (tertiary/aromatic N) is 3. The molecule has 0 unspecified atom stereocenters. The minimum atomic E-state index is -0.804. The third-order valence-corrected chi connectivity index (χ3v) is 4.78. The molecule has 4 rings (SSSR count). The van der Waals surface area contributed by atoms with Crippen molar-refractivity contribution >= 4 is 22.9 Å². The first-order valence-electron chi connectivity index (χ1n) is 9.36. The van der Waals surface area contributed by atoms with Gasteiger partial charge in [0.15, 0.2) is 5.82 Å². The van der Waals surface area contributed by atoms with Gasteiger partial charge in [0, 0.05) is 38.1 Å². The van der Waals surface area contributed by atoms with Crippen LogP contribution in [0.4, 0.5) is 20.2 Å². The van der Waals surface area contributed by atoms with Crippen LogP contribution in [0.5, 0.6) is 0 Å². The highest BCUT2D eigenvalue weighted by molar-refractivity contribution is 6.06. The molecule has 0 saturated carbocycles. The van der Waals surface area contributed by atoms with E-state index in [0.717, 1.165) is 11.6 Å². The largest absolute Gasteiger partial charge is 0.374 e. The number of carbonyl (C=O) groups is 1. The van der Waals surface area contributed by atoms with Gasteiger partial charge in [0.25, 0.3) is 5.91 Å². The third-order valence-electron chi connectivity index (χ3n) is 4.78. The summed E-state index contributed by atoms with van der Waals surface area (Å²) >= 11 is 0. The molecule has 0 bridgehead atoms. The Morgan fingerprint density at radius 1 is 1.07 bits per heavy atom. The van der Waals surface area contributed by atoms with Gasteiger partial charge in [0.2, 0.25) is 0 Å². The zero-order chi connectivity index (χ0) is 21.4. The van der Waals surface area contributed by atoms with Crippen molar-refractivity contribution in [2.45, 2.75) is 6.92 Å². The summed E-state index contributed by atoms with van der Waals surface area (Å²) in [6, 6.07) is 13.3. The molecular weight excluding hydrogens is 386 g/mol. The first-order chi connectivity index (χ1) is 14.3. The number of carbonyl (C=O) groups excluding carboxylic acids is 1. The van der Waals surface area contributed by atoms with E-state index in [9.17, 15) is 4.79 Å². The highest BCUT2D eigenvalue weighted by atomic mass is 19.1. The molecule has 4 aromatic rings. The normalized spacial score (nSPS) is 11.0. The number of amides is 1. The summed E-state index contributed by atoms with van der Waals surface area (Å²) in [5, 5.41) is 2.62. The molecule has 1 amide bonds. The minimum absolute atomic E-state index is 0.0483. The Bertz CT molecular complexity index is 1250. The number of halogens is 2. The maximum Gasteiger partial charge on any atom is 0.255 e. The molecule has 5 nitrogen and oxygen atoms in total. The molecule has 152 valence electrons. The number of benzene rings is 2. The van der Waals surface area contributed by atoms with Gasteiger partial charge in [-0.1, -0.05) is 24.3 Å². The van der Waals surface area contributed by atoms with Crippen molar-refractivity contribution in [2.75, 3.05) is 24.3 Å². The Kier molecular flexibility index (Phi) is 4.95. The summed E-state index contributed by atoms with van der Waals surface area (Å²) in [5.74, 6) is -2.04. The van der Waals surface area contributed by atoms with Crippen LogP contribution in [0.25, 0.3) is 16.9 Å². The number of imidazole rings is 1. The van der Waals surface area contributed by atoms with Crippen molar-refractivity contribution in [2.24, 2.45) is 0 Å². The Hall–Kier alpha value is -3.74. The molecule has 7 heteroatoms. The maximum atomic E-state index is 15.5. The highest BCUT2D eigenvalue weighted by Crippen LogP contribution is 2.37. The summed E-state index contributed by atoms with van der Waals surface area (Å²) < 4.78 is 32.3. The van der Waals surface area contributed by atoms with Crippen molar-refractivity contribution in [3.8, 4) is 11.3 Å². The lowest BCUT2D eigenvalue weighted by Gasteiger charge is -2.21. The van der Waals surface area contributed by atoms with E-state index < -0.39 is 17.5 Å². The lowest BCUT2D eigenvalue weighted by Crippen LogP contribution is -2.19. The van der Waals surface area contributed by atoms with Crippen LogP contribution in [0.1, 0.15) is 15.9 Å². The van der Waals surface area contributed by atoms with E-state index in [1.54, 1.807) is 61.1 Å². The van der Waals surface area contributed by atoms with Crippen molar-refractivity contribution < 1.29 is 13.6 Å². The molecule has 2 aromatic carbocycles. The van der Waals surface area contributed by atoms with Crippen LogP contribution in [-0.4, -0.2) is 29.4 Å². The quantitative estimate of drug-likeness (QED) is 0.524. The van der Waals surface area contributed by atoms with E-state index in [1.165, 1.54) is 4.90 Å². The van der Waals surface area contributed by atoms with Crippen molar-refractivity contribution in [1.82, 2.24) is 9.38 Å². The smallest absolute Gasteiger partial charge is 0.255 e. The average molecular weight is 406 g/mol. The number of anilines is 2. The van der Waals surface area contributed by atoms with Gasteiger partial charge in [-0.3, -0.25) is 4.79 Å². The van der Waals surface area contributed by atoms with Gasteiger partial charge in [0.1, 0.15) is 11.5 Å². The SMILES string of the molecule is Cc1ccc2nc(-c3c(F)cc(NC(=O)c4ccccc4)c(N(C)C)c3F)cn2c1. The molecule has 1 N–H and O–H groups in total. The van der Waals surface area contributed by atoms with Gasteiger partial charge in [-0.25, -0.2) is 13.8 Å². The molecule has 0 aliphatic heterocycles. The van der Waals surface area contributed by atoms with Crippen molar-refractivity contribution in [3.05, 3.63) is 83.7 Å². The van der Waals surface area contributed by atoms with Gasteiger partial charge in [-0.2, -0.15) is 0 Å². The second-order valence-electron chi connectivity index (χ2n) is 7.26. The fourth-order valence-electron chi connectivity index (χ4n) is 3.38. The molecule has 0 saturated heterocycles. The molecule has 30 heavy (non-hydrogen) atoms. The van der Waals surface area contributed by atoms with Crippen molar-refractivity contribution in [1.29, 1.82) is 0 Å². The first kappa shape index (κ1) is 19.6.